The van der Waals surface area contributed by atoms with Crippen molar-refractivity contribution in [1.29, 1.82) is 5.26 Å². The normalized spacial score (nSPS) is 17.9. The molecule has 0 radical (unpaired) electrons. The molecule has 37 heavy (non-hydrogen) atoms. The van der Waals surface area contributed by atoms with Crippen molar-refractivity contribution in [2.45, 2.75) is 43.6 Å². The molecule has 5 nitrogen and oxygen atoms in total. The van der Waals surface area contributed by atoms with Crippen molar-refractivity contribution in [2.24, 2.45) is 0 Å². The molecule has 1 aliphatic carbocycles. The molecule has 6 rings (SSSR count). The minimum atomic E-state index is -0.897. The van der Waals surface area contributed by atoms with Gasteiger partial charge in [-0.1, -0.05) is 42.8 Å². The lowest BCUT2D eigenvalue weighted by Gasteiger charge is -2.47. The van der Waals surface area contributed by atoms with Crippen molar-refractivity contribution in [1.82, 2.24) is 14.9 Å². The summed E-state index contributed by atoms with van der Waals surface area (Å²) in [6.45, 7) is 2.77. The highest BCUT2D eigenvalue weighted by Crippen LogP contribution is 2.39. The van der Waals surface area contributed by atoms with Gasteiger partial charge >= 0.3 is 0 Å². The van der Waals surface area contributed by atoms with E-state index in [9.17, 15) is 14.0 Å². The van der Waals surface area contributed by atoms with Crippen LogP contribution in [0.1, 0.15) is 43.2 Å². The first-order valence-corrected chi connectivity index (χ1v) is 13.0. The largest absolute Gasteiger partial charge is 0.355 e. The molecule has 7 heteroatoms. The predicted octanol–water partition coefficient (Wildman–Crippen LogP) is 6.38. The number of hydrogen-bond acceptors (Lipinski definition) is 4. The zero-order valence-electron chi connectivity index (χ0n) is 20.6. The second-order valence-electron chi connectivity index (χ2n) is 10.4. The highest BCUT2D eigenvalue weighted by molar-refractivity contribution is 5.77. The third-order valence-electron chi connectivity index (χ3n) is 8.29. The van der Waals surface area contributed by atoms with Crippen LogP contribution in [-0.4, -0.2) is 40.5 Å². The summed E-state index contributed by atoms with van der Waals surface area (Å²) in [5.74, 6) is -1.26. The van der Waals surface area contributed by atoms with Crippen LogP contribution in [0.3, 0.4) is 0 Å². The average molecular weight is 498 g/mol. The highest BCUT2D eigenvalue weighted by atomic mass is 19.2. The van der Waals surface area contributed by atoms with Gasteiger partial charge in [-0.3, -0.25) is 0 Å². The summed E-state index contributed by atoms with van der Waals surface area (Å²) >= 11 is 0. The lowest BCUT2D eigenvalue weighted by atomic mass is 9.71. The van der Waals surface area contributed by atoms with Gasteiger partial charge in [0.25, 0.3) is 0 Å². The van der Waals surface area contributed by atoms with Crippen molar-refractivity contribution in [2.75, 3.05) is 25.0 Å². The fourth-order valence-corrected chi connectivity index (χ4v) is 5.76. The minimum absolute atomic E-state index is 0.0945. The van der Waals surface area contributed by atoms with Gasteiger partial charge in [-0.2, -0.15) is 5.26 Å². The van der Waals surface area contributed by atoms with Gasteiger partial charge < -0.3 is 15.2 Å². The number of nitrogens with zero attached hydrogens (tertiary/aromatic N) is 3. The Bertz CT molecular complexity index is 1420. The van der Waals surface area contributed by atoms with Gasteiger partial charge in [0.05, 0.1) is 22.7 Å². The van der Waals surface area contributed by atoms with Crippen LogP contribution in [0.25, 0.3) is 22.2 Å². The molecule has 0 unspecified atom stereocenters. The molecule has 1 aromatic heterocycles. The number of nitriles is 1. The molecule has 188 valence electrons. The molecular formula is C30H29F2N5. The molecule has 2 N–H and O–H groups in total. The maximum absolute atomic E-state index is 13.7. The van der Waals surface area contributed by atoms with Crippen molar-refractivity contribution >= 4 is 17.0 Å². The molecular weight excluding hydrogens is 468 g/mol. The van der Waals surface area contributed by atoms with Gasteiger partial charge in [0, 0.05) is 30.1 Å². The number of anilines is 1. The fourth-order valence-electron chi connectivity index (χ4n) is 5.76. The maximum Gasteiger partial charge on any atom is 0.201 e. The second-order valence-corrected chi connectivity index (χ2v) is 10.4. The van der Waals surface area contributed by atoms with E-state index in [2.05, 4.69) is 50.5 Å². The van der Waals surface area contributed by atoms with E-state index in [0.717, 1.165) is 55.2 Å². The molecule has 4 aromatic rings. The number of piperidine rings is 1. The summed E-state index contributed by atoms with van der Waals surface area (Å²) in [6, 6.07) is 21.6. The van der Waals surface area contributed by atoms with Crippen LogP contribution in [0.15, 0.2) is 60.7 Å². The van der Waals surface area contributed by atoms with Crippen LogP contribution in [0.2, 0.25) is 0 Å². The number of likely N-dealkylation sites (tertiary alicyclic amines) is 1. The maximum atomic E-state index is 13.7. The number of nitrogens with one attached hydrogen (secondary N) is 2. The van der Waals surface area contributed by atoms with Gasteiger partial charge in [0.1, 0.15) is 0 Å². The SMILES string of the molecule is N#Cc1cccc(-c2ccc(C3(CNc4nc5cc(F)c(F)cc5[nH]4)CCN(C4CCC4)CC3)cc2)c1. The minimum Gasteiger partial charge on any atom is -0.355 e. The van der Waals surface area contributed by atoms with Crippen LogP contribution in [0, 0.1) is 23.0 Å². The summed E-state index contributed by atoms with van der Waals surface area (Å²) in [7, 11) is 0. The van der Waals surface area contributed by atoms with E-state index in [-0.39, 0.29) is 5.41 Å². The first-order chi connectivity index (χ1) is 18.0. The zero-order valence-corrected chi connectivity index (χ0v) is 20.6. The Kier molecular flexibility index (Phi) is 6.13. The van der Waals surface area contributed by atoms with Crippen LogP contribution in [-0.2, 0) is 5.41 Å². The van der Waals surface area contributed by atoms with Gasteiger partial charge in [-0.15, -0.1) is 0 Å². The molecule has 0 spiro atoms. The van der Waals surface area contributed by atoms with Gasteiger partial charge in [0.15, 0.2) is 11.6 Å². The van der Waals surface area contributed by atoms with Crippen molar-refractivity contribution in [3.8, 4) is 17.2 Å². The molecule has 1 saturated heterocycles. The number of fused-ring (bicyclic) bond motifs is 1. The standard InChI is InChI=1S/C30H29F2N5/c31-25-16-27-28(17-26(25)32)36-29(35-27)34-19-30(11-13-37(14-12-30)24-5-2-6-24)23-9-7-21(8-10-23)22-4-1-3-20(15-22)18-33/h1,3-4,7-10,15-17,24H,2,5-6,11-14,19H2,(H2,34,35,36). The quantitative estimate of drug-likeness (QED) is 0.324. The Morgan fingerprint density at radius 2 is 1.76 bits per heavy atom. The first kappa shape index (κ1) is 23.6. The number of benzene rings is 3. The predicted molar refractivity (Wildman–Crippen MR) is 141 cm³/mol. The third kappa shape index (κ3) is 4.58. The number of rotatable bonds is 6. The summed E-state index contributed by atoms with van der Waals surface area (Å²) in [4.78, 5) is 10.2. The van der Waals surface area contributed by atoms with E-state index < -0.39 is 11.6 Å². The van der Waals surface area contributed by atoms with Gasteiger partial charge in [0.2, 0.25) is 5.95 Å². The summed E-state index contributed by atoms with van der Waals surface area (Å²) in [5.41, 5.74) is 4.80. The average Bonchev–Trinajstić information content (AvgIpc) is 3.29. The van der Waals surface area contributed by atoms with Crippen molar-refractivity contribution < 1.29 is 8.78 Å². The van der Waals surface area contributed by atoms with Crippen LogP contribution >= 0.6 is 0 Å². The second kappa shape index (κ2) is 9.60. The molecule has 1 aliphatic heterocycles. The topological polar surface area (TPSA) is 67.7 Å². The molecule has 0 atom stereocenters. The Balaban J connectivity index is 1.26. The number of H-pyrrole nitrogens is 1. The van der Waals surface area contributed by atoms with Crippen LogP contribution < -0.4 is 5.32 Å². The van der Waals surface area contributed by atoms with E-state index in [1.807, 2.05) is 24.3 Å². The monoisotopic (exact) mass is 497 g/mol. The summed E-state index contributed by atoms with van der Waals surface area (Å²) < 4.78 is 27.4. The van der Waals surface area contributed by atoms with Crippen LogP contribution in [0.4, 0.5) is 14.7 Å². The summed E-state index contributed by atoms with van der Waals surface area (Å²) in [5, 5.41) is 12.7. The van der Waals surface area contributed by atoms with Crippen molar-refractivity contribution in [3.05, 3.63) is 83.4 Å². The van der Waals surface area contributed by atoms with Gasteiger partial charge in [-0.05, 0) is 67.6 Å². The molecule has 3 aromatic carbocycles. The molecule has 2 heterocycles. The number of aromatic amines is 1. The molecule has 2 aliphatic rings. The lowest BCUT2D eigenvalue weighted by molar-refractivity contribution is 0.0756. The van der Waals surface area contributed by atoms with Crippen LogP contribution in [0.5, 0.6) is 0 Å². The molecule has 1 saturated carbocycles. The smallest absolute Gasteiger partial charge is 0.201 e. The third-order valence-corrected chi connectivity index (χ3v) is 8.29. The van der Waals surface area contributed by atoms with E-state index >= 15 is 0 Å². The van der Waals surface area contributed by atoms with E-state index in [4.69, 9.17) is 0 Å². The number of halogens is 2. The number of hydrogen-bond donors (Lipinski definition) is 2. The van der Waals surface area contributed by atoms with Gasteiger partial charge in [-0.25, -0.2) is 13.8 Å². The van der Waals surface area contributed by atoms with E-state index in [1.54, 1.807) is 0 Å². The molecule has 2 fully saturated rings. The Morgan fingerprint density at radius 1 is 1.00 bits per heavy atom. The van der Waals surface area contributed by atoms with E-state index in [0.29, 0.717) is 29.1 Å². The Hall–Kier alpha value is -3.76. The van der Waals surface area contributed by atoms with E-state index in [1.165, 1.54) is 24.8 Å². The van der Waals surface area contributed by atoms with Crippen molar-refractivity contribution in [3.63, 3.8) is 0 Å². The lowest BCUT2D eigenvalue weighted by Crippen LogP contribution is -2.51. The Labute approximate surface area is 215 Å². The number of aromatic nitrogens is 2. The number of imidazole rings is 1. The molecule has 0 amide bonds. The summed E-state index contributed by atoms with van der Waals surface area (Å²) in [6.07, 6.45) is 5.96. The fraction of sp³-hybridized carbons (Fsp3) is 0.333. The zero-order chi connectivity index (χ0) is 25.4. The first-order valence-electron chi connectivity index (χ1n) is 13.0. The molecule has 0 bridgehead atoms. The Morgan fingerprint density at radius 3 is 2.46 bits per heavy atom. The highest BCUT2D eigenvalue weighted by Gasteiger charge is 2.39.